The average molecular weight is 598 g/mol. The number of unbranched alkanes of at least 4 members (excludes halogenated alkanes) is 9. The fourth-order valence-corrected chi connectivity index (χ4v) is 6.07. The first-order chi connectivity index (χ1) is 19.4. The van der Waals surface area contributed by atoms with Crippen LogP contribution in [0.1, 0.15) is 82.3 Å². The molecule has 4 rings (SSSR count). The Balaban J connectivity index is 1.45. The third-order valence-electron chi connectivity index (χ3n) is 6.96. The maximum Gasteiger partial charge on any atom is 0.269 e. The van der Waals surface area contributed by atoms with Crippen LogP contribution in [0.5, 0.6) is 11.6 Å². The zero-order valence-corrected chi connectivity index (χ0v) is 25.5. The number of carbonyl (C=O) groups is 1. The van der Waals surface area contributed by atoms with E-state index in [1.807, 2.05) is 6.92 Å². The van der Waals surface area contributed by atoms with Gasteiger partial charge < -0.3 is 4.74 Å². The minimum atomic E-state index is -0.328. The molecule has 2 aromatic heterocycles. The summed E-state index contributed by atoms with van der Waals surface area (Å²) >= 11 is 12.9. The van der Waals surface area contributed by atoms with Crippen molar-refractivity contribution in [1.29, 1.82) is 0 Å². The van der Waals surface area contributed by atoms with Crippen LogP contribution in [0.25, 0.3) is 11.7 Å². The van der Waals surface area contributed by atoms with E-state index in [0.717, 1.165) is 18.4 Å². The number of hydrogen-bond acceptors (Lipinski definition) is 6. The molecule has 1 fully saturated rings. The summed E-state index contributed by atoms with van der Waals surface area (Å²) < 4.78 is 8.03. The Morgan fingerprint density at radius 1 is 1.00 bits per heavy atom. The van der Waals surface area contributed by atoms with Gasteiger partial charge in [0.1, 0.15) is 21.3 Å². The molecule has 0 aliphatic carbocycles. The summed E-state index contributed by atoms with van der Waals surface area (Å²) in [6.45, 7) is 4.70. The molecule has 0 atom stereocenters. The molecule has 6 nitrogen and oxygen atoms in total. The standard InChI is InChI=1S/C31H36ClN3O3S2/c1-3-4-5-6-7-8-9-10-11-13-19-35-30(37)26(40-31(35)39)21-24-28(38-23-16-17-25(32)22(2)20-23)33-27-15-12-14-18-34(27)29(24)36/h12,14-18,20-21H,3-11,13,19H2,1-2H3/b26-21+. The molecule has 0 bridgehead atoms. The van der Waals surface area contributed by atoms with Gasteiger partial charge in [0.25, 0.3) is 11.5 Å². The number of aryl methyl sites for hydroxylation is 1. The highest BCUT2D eigenvalue weighted by atomic mass is 35.5. The maximum absolute atomic E-state index is 13.5. The van der Waals surface area contributed by atoms with Crippen molar-refractivity contribution in [2.24, 2.45) is 0 Å². The molecule has 9 heteroatoms. The SMILES string of the molecule is CCCCCCCCCCCCN1C(=O)/C(=C\c2c(Oc3ccc(Cl)c(C)c3)nc3ccccn3c2=O)SC1=S. The molecule has 1 aliphatic heterocycles. The Labute approximate surface area is 250 Å². The zero-order chi connectivity index (χ0) is 28.5. The second-order valence-corrected chi connectivity index (χ2v) is 12.2. The zero-order valence-electron chi connectivity index (χ0n) is 23.2. The van der Waals surface area contributed by atoms with Crippen LogP contribution in [-0.2, 0) is 4.79 Å². The minimum absolute atomic E-state index is 0.123. The third kappa shape index (κ3) is 7.74. The summed E-state index contributed by atoms with van der Waals surface area (Å²) in [6, 6.07) is 10.5. The first kappa shape index (κ1) is 30.3. The molecule has 3 heterocycles. The van der Waals surface area contributed by atoms with E-state index in [1.165, 1.54) is 67.5 Å². The number of ether oxygens (including phenoxy) is 1. The van der Waals surface area contributed by atoms with Gasteiger partial charge in [0.15, 0.2) is 0 Å². The number of amides is 1. The first-order valence-electron chi connectivity index (χ1n) is 14.1. The highest BCUT2D eigenvalue weighted by molar-refractivity contribution is 8.26. The molecule has 212 valence electrons. The summed E-state index contributed by atoms with van der Waals surface area (Å²) in [5.74, 6) is 0.437. The third-order valence-corrected chi connectivity index (χ3v) is 8.76. The molecule has 0 unspecified atom stereocenters. The Hall–Kier alpha value is -2.68. The van der Waals surface area contributed by atoms with Crippen LogP contribution in [0.3, 0.4) is 0 Å². The average Bonchev–Trinajstić information content (AvgIpc) is 3.21. The molecule has 3 aromatic rings. The van der Waals surface area contributed by atoms with Crippen molar-refractivity contribution >= 4 is 57.5 Å². The molecule has 0 spiro atoms. The fourth-order valence-electron chi connectivity index (χ4n) is 4.66. The van der Waals surface area contributed by atoms with E-state index in [2.05, 4.69) is 11.9 Å². The Bertz CT molecular complexity index is 1450. The molecule has 0 N–H and O–H groups in total. The van der Waals surface area contributed by atoms with Crippen LogP contribution in [0.2, 0.25) is 5.02 Å². The first-order valence-corrected chi connectivity index (χ1v) is 15.7. The Morgan fingerprint density at radius 3 is 2.40 bits per heavy atom. The topological polar surface area (TPSA) is 63.9 Å². The smallest absolute Gasteiger partial charge is 0.269 e. The van der Waals surface area contributed by atoms with Crippen molar-refractivity contribution in [3.8, 4) is 11.6 Å². The van der Waals surface area contributed by atoms with E-state index in [0.29, 0.717) is 32.2 Å². The molecular weight excluding hydrogens is 562 g/mol. The Kier molecular flexibility index (Phi) is 11.2. The van der Waals surface area contributed by atoms with Crippen LogP contribution in [0.4, 0.5) is 0 Å². The van der Waals surface area contributed by atoms with E-state index in [-0.39, 0.29) is 22.9 Å². The van der Waals surface area contributed by atoms with Crippen molar-refractivity contribution in [3.63, 3.8) is 0 Å². The molecule has 1 saturated heterocycles. The van der Waals surface area contributed by atoms with Crippen LogP contribution in [0, 0.1) is 6.92 Å². The number of rotatable bonds is 14. The number of thioether (sulfide) groups is 1. The van der Waals surface area contributed by atoms with Crippen LogP contribution >= 0.6 is 35.6 Å². The van der Waals surface area contributed by atoms with Crippen LogP contribution in [0.15, 0.2) is 52.3 Å². The number of thiocarbonyl (C=S) groups is 1. The number of fused-ring (bicyclic) bond motifs is 1. The Morgan fingerprint density at radius 2 is 1.70 bits per heavy atom. The fraction of sp³-hybridized carbons (Fsp3) is 0.419. The van der Waals surface area contributed by atoms with Crippen molar-refractivity contribution < 1.29 is 9.53 Å². The summed E-state index contributed by atoms with van der Waals surface area (Å²) in [5.41, 5.74) is 1.15. The molecule has 0 radical (unpaired) electrons. The van der Waals surface area contributed by atoms with Gasteiger partial charge in [0.2, 0.25) is 5.88 Å². The van der Waals surface area contributed by atoms with Crippen molar-refractivity contribution in [3.05, 3.63) is 74.0 Å². The lowest BCUT2D eigenvalue weighted by atomic mass is 10.1. The van der Waals surface area contributed by atoms with Crippen LogP contribution in [-0.4, -0.2) is 31.1 Å². The van der Waals surface area contributed by atoms with Gasteiger partial charge in [-0.15, -0.1) is 0 Å². The van der Waals surface area contributed by atoms with Gasteiger partial charge in [-0.05, 0) is 55.3 Å². The number of benzene rings is 1. The number of pyridine rings is 1. The molecule has 1 aliphatic rings. The lowest BCUT2D eigenvalue weighted by Crippen LogP contribution is -2.29. The number of carbonyl (C=O) groups excluding carboxylic acids is 1. The summed E-state index contributed by atoms with van der Waals surface area (Å²) in [4.78, 5) is 33.4. The summed E-state index contributed by atoms with van der Waals surface area (Å²) in [7, 11) is 0. The predicted octanol–water partition coefficient (Wildman–Crippen LogP) is 8.57. The second-order valence-electron chi connectivity index (χ2n) is 10.1. The van der Waals surface area contributed by atoms with Gasteiger partial charge in [-0.1, -0.05) is 106 Å². The van der Waals surface area contributed by atoms with Crippen LogP contribution < -0.4 is 10.3 Å². The molecule has 1 aromatic carbocycles. The van der Waals surface area contributed by atoms with Crippen molar-refractivity contribution in [1.82, 2.24) is 14.3 Å². The molecule has 0 saturated carbocycles. The van der Waals surface area contributed by atoms with Gasteiger partial charge >= 0.3 is 0 Å². The monoisotopic (exact) mass is 597 g/mol. The van der Waals surface area contributed by atoms with Gasteiger partial charge in [0, 0.05) is 17.8 Å². The number of nitrogens with zero attached hydrogens (tertiary/aromatic N) is 3. The van der Waals surface area contributed by atoms with E-state index in [9.17, 15) is 9.59 Å². The number of halogens is 1. The van der Waals surface area contributed by atoms with Gasteiger partial charge in [-0.25, -0.2) is 0 Å². The van der Waals surface area contributed by atoms with E-state index < -0.39 is 0 Å². The predicted molar refractivity (Wildman–Crippen MR) is 169 cm³/mol. The highest BCUT2D eigenvalue weighted by Gasteiger charge is 2.32. The lowest BCUT2D eigenvalue weighted by molar-refractivity contribution is -0.122. The largest absolute Gasteiger partial charge is 0.438 e. The minimum Gasteiger partial charge on any atom is -0.438 e. The van der Waals surface area contributed by atoms with Gasteiger partial charge in [0.05, 0.1) is 4.91 Å². The van der Waals surface area contributed by atoms with E-state index in [4.69, 9.17) is 28.6 Å². The van der Waals surface area contributed by atoms with Crippen molar-refractivity contribution in [2.45, 2.75) is 78.1 Å². The molecule has 40 heavy (non-hydrogen) atoms. The number of hydrogen-bond donors (Lipinski definition) is 0. The highest BCUT2D eigenvalue weighted by Crippen LogP contribution is 2.34. The molecule has 1 amide bonds. The lowest BCUT2D eigenvalue weighted by Gasteiger charge is -2.14. The normalized spacial score (nSPS) is 14.6. The van der Waals surface area contributed by atoms with Gasteiger partial charge in [-0.3, -0.25) is 18.9 Å². The van der Waals surface area contributed by atoms with Crippen molar-refractivity contribution in [2.75, 3.05) is 6.54 Å². The van der Waals surface area contributed by atoms with Gasteiger partial charge in [-0.2, -0.15) is 4.98 Å². The maximum atomic E-state index is 13.5. The summed E-state index contributed by atoms with van der Waals surface area (Å²) in [6.07, 6.45) is 15.5. The van der Waals surface area contributed by atoms with E-state index >= 15 is 0 Å². The quantitative estimate of drug-likeness (QED) is 0.105. The summed E-state index contributed by atoms with van der Waals surface area (Å²) in [5, 5.41) is 0.616. The van der Waals surface area contributed by atoms with E-state index in [1.54, 1.807) is 53.6 Å². The molecular formula is C31H36ClN3O3S2. The number of aromatic nitrogens is 2. The second kappa shape index (κ2) is 14.8.